The summed E-state index contributed by atoms with van der Waals surface area (Å²) in [6, 6.07) is 9.68. The van der Waals surface area contributed by atoms with Crippen LogP contribution in [0.5, 0.6) is 5.75 Å². The van der Waals surface area contributed by atoms with E-state index in [-0.39, 0.29) is 17.4 Å². The lowest BCUT2D eigenvalue weighted by atomic mass is 9.86. The fourth-order valence-electron chi connectivity index (χ4n) is 3.73. The zero-order valence-corrected chi connectivity index (χ0v) is 16.3. The van der Waals surface area contributed by atoms with Crippen molar-refractivity contribution in [2.75, 3.05) is 32.1 Å². The van der Waals surface area contributed by atoms with E-state index in [0.717, 1.165) is 30.2 Å². The Bertz CT molecular complexity index is 1010. The Balaban J connectivity index is 1.50. The minimum absolute atomic E-state index is 0.116. The maximum absolute atomic E-state index is 12.2. The molecule has 0 amide bonds. The third-order valence-corrected chi connectivity index (χ3v) is 5.17. The SMILES string of the molecule is COc1cccc([C@@H]2CNC[C@H]2c2cc(=O)[nH]c(NCCc3cnccn3)n2)c1. The number of methoxy groups -OCH3 is 1. The van der Waals surface area contributed by atoms with Crippen molar-refractivity contribution in [3.8, 4) is 5.75 Å². The predicted octanol–water partition coefficient (Wildman–Crippen LogP) is 1.69. The van der Waals surface area contributed by atoms with E-state index < -0.39 is 0 Å². The Kier molecular flexibility index (Phi) is 5.81. The standard InChI is InChI=1S/C21H24N6O2/c1-29-16-4-2-3-14(9-16)17-12-23-13-18(17)19-10-20(28)27-21(26-19)25-6-5-15-11-22-7-8-24-15/h2-4,7-11,17-18,23H,5-6,12-13H2,1H3,(H2,25,26,27,28)/t17-,18+/m0/s1. The lowest BCUT2D eigenvalue weighted by Gasteiger charge is -2.19. The number of H-pyrrole nitrogens is 1. The molecule has 1 aromatic carbocycles. The average molecular weight is 392 g/mol. The van der Waals surface area contributed by atoms with Crippen LogP contribution in [0, 0.1) is 0 Å². The van der Waals surface area contributed by atoms with E-state index in [9.17, 15) is 4.79 Å². The van der Waals surface area contributed by atoms with Crippen molar-refractivity contribution >= 4 is 5.95 Å². The number of benzene rings is 1. The Morgan fingerprint density at radius 1 is 1.21 bits per heavy atom. The molecule has 8 heteroatoms. The van der Waals surface area contributed by atoms with Gasteiger partial charge < -0.3 is 15.4 Å². The Labute approximate surface area is 168 Å². The van der Waals surface area contributed by atoms with Gasteiger partial charge in [-0.05, 0) is 17.7 Å². The van der Waals surface area contributed by atoms with Gasteiger partial charge in [0.05, 0.1) is 18.5 Å². The van der Waals surface area contributed by atoms with Gasteiger partial charge in [-0.2, -0.15) is 0 Å². The highest BCUT2D eigenvalue weighted by Gasteiger charge is 2.31. The number of aromatic nitrogens is 4. The van der Waals surface area contributed by atoms with Gasteiger partial charge in [0.25, 0.3) is 5.56 Å². The molecule has 29 heavy (non-hydrogen) atoms. The van der Waals surface area contributed by atoms with E-state index in [2.05, 4.69) is 37.7 Å². The van der Waals surface area contributed by atoms with Gasteiger partial charge in [0, 0.05) is 62.5 Å². The molecule has 2 atom stereocenters. The first-order valence-electron chi connectivity index (χ1n) is 9.67. The fourth-order valence-corrected chi connectivity index (χ4v) is 3.73. The first-order valence-corrected chi connectivity index (χ1v) is 9.67. The van der Waals surface area contributed by atoms with E-state index in [0.29, 0.717) is 18.9 Å². The molecular weight excluding hydrogens is 368 g/mol. The molecule has 1 fully saturated rings. The van der Waals surface area contributed by atoms with Gasteiger partial charge in [-0.3, -0.25) is 19.7 Å². The van der Waals surface area contributed by atoms with Crippen LogP contribution in [0.25, 0.3) is 0 Å². The minimum atomic E-state index is -0.159. The largest absolute Gasteiger partial charge is 0.497 e. The summed E-state index contributed by atoms with van der Waals surface area (Å²) in [6.07, 6.45) is 5.74. The molecule has 3 heterocycles. The smallest absolute Gasteiger partial charge is 0.252 e. The van der Waals surface area contributed by atoms with Crippen LogP contribution in [-0.2, 0) is 6.42 Å². The van der Waals surface area contributed by atoms with Crippen LogP contribution in [0.15, 0.2) is 53.7 Å². The van der Waals surface area contributed by atoms with Crippen LogP contribution in [0.3, 0.4) is 0 Å². The molecule has 1 aliphatic heterocycles. The third kappa shape index (κ3) is 4.60. The first-order chi connectivity index (χ1) is 14.2. The number of anilines is 1. The zero-order valence-electron chi connectivity index (χ0n) is 16.3. The number of aromatic amines is 1. The van der Waals surface area contributed by atoms with Gasteiger partial charge in [-0.25, -0.2) is 4.98 Å². The van der Waals surface area contributed by atoms with E-state index in [1.165, 1.54) is 5.56 Å². The second-order valence-electron chi connectivity index (χ2n) is 7.04. The van der Waals surface area contributed by atoms with Crippen LogP contribution < -0.4 is 20.9 Å². The summed E-state index contributed by atoms with van der Waals surface area (Å²) in [5.41, 5.74) is 2.69. The van der Waals surface area contributed by atoms with Crippen molar-refractivity contribution in [2.45, 2.75) is 18.3 Å². The van der Waals surface area contributed by atoms with Crippen LogP contribution in [-0.4, -0.2) is 46.7 Å². The normalized spacial score (nSPS) is 18.5. The van der Waals surface area contributed by atoms with Gasteiger partial charge in [-0.1, -0.05) is 12.1 Å². The van der Waals surface area contributed by atoms with Crippen molar-refractivity contribution in [3.05, 3.63) is 76.2 Å². The summed E-state index contributed by atoms with van der Waals surface area (Å²) < 4.78 is 5.36. The molecule has 0 spiro atoms. The molecule has 0 bridgehead atoms. The summed E-state index contributed by atoms with van der Waals surface area (Å²) in [5, 5.41) is 6.63. The fraction of sp³-hybridized carbons (Fsp3) is 0.333. The first kappa shape index (κ1) is 19.1. The Morgan fingerprint density at radius 2 is 2.10 bits per heavy atom. The molecule has 150 valence electrons. The third-order valence-electron chi connectivity index (χ3n) is 5.17. The molecule has 0 saturated carbocycles. The monoisotopic (exact) mass is 392 g/mol. The number of hydrogen-bond donors (Lipinski definition) is 3. The van der Waals surface area contributed by atoms with E-state index in [1.54, 1.807) is 31.8 Å². The van der Waals surface area contributed by atoms with Crippen molar-refractivity contribution in [2.24, 2.45) is 0 Å². The van der Waals surface area contributed by atoms with E-state index in [1.807, 2.05) is 12.1 Å². The highest BCUT2D eigenvalue weighted by molar-refractivity contribution is 5.36. The summed E-state index contributed by atoms with van der Waals surface area (Å²) in [4.78, 5) is 28.0. The van der Waals surface area contributed by atoms with E-state index in [4.69, 9.17) is 9.72 Å². The van der Waals surface area contributed by atoms with Gasteiger partial charge >= 0.3 is 0 Å². The highest BCUT2D eigenvalue weighted by Crippen LogP contribution is 2.36. The van der Waals surface area contributed by atoms with Crippen LogP contribution in [0.1, 0.15) is 28.8 Å². The second kappa shape index (κ2) is 8.83. The minimum Gasteiger partial charge on any atom is -0.497 e. The Morgan fingerprint density at radius 3 is 2.93 bits per heavy atom. The quantitative estimate of drug-likeness (QED) is 0.562. The van der Waals surface area contributed by atoms with Crippen molar-refractivity contribution in [1.29, 1.82) is 0 Å². The molecule has 4 rings (SSSR count). The summed E-state index contributed by atoms with van der Waals surface area (Å²) in [7, 11) is 1.67. The van der Waals surface area contributed by atoms with Gasteiger partial charge in [-0.15, -0.1) is 0 Å². The molecular formula is C21H24N6O2. The molecule has 3 aromatic rings. The van der Waals surface area contributed by atoms with Crippen molar-refractivity contribution in [3.63, 3.8) is 0 Å². The molecule has 1 saturated heterocycles. The summed E-state index contributed by atoms with van der Waals surface area (Å²) in [5.74, 6) is 1.66. The highest BCUT2D eigenvalue weighted by atomic mass is 16.5. The average Bonchev–Trinajstić information content (AvgIpc) is 3.24. The second-order valence-corrected chi connectivity index (χ2v) is 7.04. The lowest BCUT2D eigenvalue weighted by Crippen LogP contribution is -2.19. The van der Waals surface area contributed by atoms with Gasteiger partial charge in [0.2, 0.25) is 5.95 Å². The van der Waals surface area contributed by atoms with Crippen LogP contribution in [0.2, 0.25) is 0 Å². The van der Waals surface area contributed by atoms with E-state index >= 15 is 0 Å². The lowest BCUT2D eigenvalue weighted by molar-refractivity contribution is 0.413. The van der Waals surface area contributed by atoms with Gasteiger partial charge in [0.15, 0.2) is 0 Å². The van der Waals surface area contributed by atoms with Gasteiger partial charge in [0.1, 0.15) is 5.75 Å². The zero-order chi connectivity index (χ0) is 20.1. The topological polar surface area (TPSA) is 105 Å². The van der Waals surface area contributed by atoms with Crippen molar-refractivity contribution < 1.29 is 4.74 Å². The number of hydrogen-bond acceptors (Lipinski definition) is 7. The maximum Gasteiger partial charge on any atom is 0.252 e. The summed E-state index contributed by atoms with van der Waals surface area (Å²) in [6.45, 7) is 2.21. The summed E-state index contributed by atoms with van der Waals surface area (Å²) >= 11 is 0. The number of nitrogens with zero attached hydrogens (tertiary/aromatic N) is 3. The number of rotatable bonds is 7. The molecule has 8 nitrogen and oxygen atoms in total. The van der Waals surface area contributed by atoms with Crippen molar-refractivity contribution in [1.82, 2.24) is 25.3 Å². The van der Waals surface area contributed by atoms with Crippen LogP contribution >= 0.6 is 0 Å². The molecule has 3 N–H and O–H groups in total. The predicted molar refractivity (Wildman–Crippen MR) is 110 cm³/mol. The van der Waals surface area contributed by atoms with Crippen LogP contribution in [0.4, 0.5) is 5.95 Å². The molecule has 0 radical (unpaired) electrons. The molecule has 1 aliphatic rings. The Hall–Kier alpha value is -3.26. The number of nitrogens with one attached hydrogen (secondary N) is 3. The molecule has 0 unspecified atom stereocenters. The maximum atomic E-state index is 12.2. The number of ether oxygens (including phenoxy) is 1. The molecule has 2 aromatic heterocycles. The molecule has 0 aliphatic carbocycles.